The van der Waals surface area contributed by atoms with Crippen molar-refractivity contribution < 1.29 is 14.4 Å². The number of hydroxylamine groups is 1. The smallest absolute Gasteiger partial charge is 0.266 e. The van der Waals surface area contributed by atoms with Crippen molar-refractivity contribution in [1.29, 1.82) is 5.26 Å². The molecule has 2 heterocycles. The van der Waals surface area contributed by atoms with Crippen LogP contribution in [-0.4, -0.2) is 17.9 Å². The number of imide groups is 1. The SMILES string of the molecule is N#Cc1ccc(N2C(=O)[C@@H]3[C@H](ON(c4ccccc4)[C@@H]3c3ccccc3)C2=O)cc1. The Hall–Kier alpha value is -3.95. The Morgan fingerprint density at radius 3 is 2.03 bits per heavy atom. The summed E-state index contributed by atoms with van der Waals surface area (Å²) in [5.41, 5.74) is 2.59. The molecule has 3 aromatic rings. The third-order valence-electron chi connectivity index (χ3n) is 5.52. The van der Waals surface area contributed by atoms with Gasteiger partial charge in [-0.05, 0) is 42.0 Å². The van der Waals surface area contributed by atoms with E-state index in [4.69, 9.17) is 10.1 Å². The fourth-order valence-electron chi connectivity index (χ4n) is 4.14. The highest BCUT2D eigenvalue weighted by atomic mass is 16.7. The number of carbonyl (C=O) groups is 2. The molecular formula is C24H17N3O3. The first-order valence-electron chi connectivity index (χ1n) is 9.63. The third kappa shape index (κ3) is 2.76. The number of benzene rings is 3. The summed E-state index contributed by atoms with van der Waals surface area (Å²) in [7, 11) is 0. The van der Waals surface area contributed by atoms with E-state index in [9.17, 15) is 9.59 Å². The Labute approximate surface area is 173 Å². The second-order valence-corrected chi connectivity index (χ2v) is 7.24. The highest BCUT2D eigenvalue weighted by molar-refractivity contribution is 6.23. The molecule has 146 valence electrons. The molecule has 0 aromatic heterocycles. The number of nitrogens with zero attached hydrogens (tertiary/aromatic N) is 3. The van der Waals surface area contributed by atoms with Crippen LogP contribution < -0.4 is 9.96 Å². The lowest BCUT2D eigenvalue weighted by atomic mass is 9.90. The predicted octanol–water partition coefficient (Wildman–Crippen LogP) is 3.61. The molecule has 5 rings (SSSR count). The molecule has 3 aromatic carbocycles. The van der Waals surface area contributed by atoms with E-state index in [-0.39, 0.29) is 5.91 Å². The maximum Gasteiger partial charge on any atom is 0.266 e. The van der Waals surface area contributed by atoms with Crippen LogP contribution in [0.1, 0.15) is 17.2 Å². The minimum Gasteiger partial charge on any atom is -0.273 e. The summed E-state index contributed by atoms with van der Waals surface area (Å²) in [6.45, 7) is 0. The summed E-state index contributed by atoms with van der Waals surface area (Å²) in [6, 6.07) is 27.1. The zero-order valence-corrected chi connectivity index (χ0v) is 15.9. The normalized spacial score (nSPS) is 22.8. The van der Waals surface area contributed by atoms with Crippen LogP contribution in [0.5, 0.6) is 0 Å². The first-order chi connectivity index (χ1) is 14.7. The Bertz CT molecular complexity index is 1140. The van der Waals surface area contributed by atoms with E-state index < -0.39 is 24.0 Å². The summed E-state index contributed by atoms with van der Waals surface area (Å²) in [5, 5.41) is 10.7. The third-order valence-corrected chi connectivity index (χ3v) is 5.52. The highest BCUT2D eigenvalue weighted by Gasteiger charge is 2.60. The number of anilines is 2. The quantitative estimate of drug-likeness (QED) is 0.634. The summed E-state index contributed by atoms with van der Waals surface area (Å²) in [4.78, 5) is 33.9. The monoisotopic (exact) mass is 395 g/mol. The van der Waals surface area contributed by atoms with Crippen molar-refractivity contribution in [3.63, 3.8) is 0 Å². The van der Waals surface area contributed by atoms with E-state index in [1.165, 1.54) is 4.90 Å². The Balaban J connectivity index is 1.56. The number of rotatable bonds is 3. The van der Waals surface area contributed by atoms with Crippen LogP contribution in [0.3, 0.4) is 0 Å². The van der Waals surface area contributed by atoms with E-state index in [0.717, 1.165) is 11.3 Å². The highest BCUT2D eigenvalue weighted by Crippen LogP contribution is 2.47. The standard InChI is InChI=1S/C24H17N3O3/c25-15-16-11-13-18(14-12-16)26-23(28)20-21(17-7-3-1-4-8-17)27(30-22(20)24(26)29)19-9-5-2-6-10-19/h1-14,20-22H/t20-,21+,22-/m0/s1. The van der Waals surface area contributed by atoms with Gasteiger partial charge in [0.1, 0.15) is 5.92 Å². The van der Waals surface area contributed by atoms with E-state index >= 15 is 0 Å². The molecule has 2 aliphatic heterocycles. The molecule has 0 radical (unpaired) electrons. The maximum absolute atomic E-state index is 13.4. The average Bonchev–Trinajstić information content (AvgIpc) is 3.31. The molecule has 0 unspecified atom stereocenters. The lowest BCUT2D eigenvalue weighted by Gasteiger charge is -2.28. The molecule has 0 N–H and O–H groups in total. The molecule has 0 saturated carbocycles. The van der Waals surface area contributed by atoms with Crippen molar-refractivity contribution in [1.82, 2.24) is 0 Å². The number of hydrogen-bond acceptors (Lipinski definition) is 5. The fraction of sp³-hybridized carbons (Fsp3) is 0.125. The summed E-state index contributed by atoms with van der Waals surface area (Å²) < 4.78 is 0. The van der Waals surface area contributed by atoms with Crippen molar-refractivity contribution >= 4 is 23.2 Å². The molecule has 0 bridgehead atoms. The molecule has 2 fully saturated rings. The topological polar surface area (TPSA) is 73.6 Å². The summed E-state index contributed by atoms with van der Waals surface area (Å²) in [5.74, 6) is -1.37. The zero-order valence-electron chi connectivity index (χ0n) is 15.9. The van der Waals surface area contributed by atoms with E-state index in [1.54, 1.807) is 29.3 Å². The van der Waals surface area contributed by atoms with Gasteiger partial charge in [0, 0.05) is 0 Å². The van der Waals surface area contributed by atoms with Crippen LogP contribution in [-0.2, 0) is 14.4 Å². The molecule has 2 aliphatic rings. The number of hydrogen-bond donors (Lipinski definition) is 0. The molecule has 3 atom stereocenters. The zero-order chi connectivity index (χ0) is 20.7. The lowest BCUT2D eigenvalue weighted by molar-refractivity contribution is -0.126. The van der Waals surface area contributed by atoms with Crippen molar-refractivity contribution in [2.24, 2.45) is 5.92 Å². The van der Waals surface area contributed by atoms with Crippen LogP contribution in [0.4, 0.5) is 11.4 Å². The fourth-order valence-corrected chi connectivity index (χ4v) is 4.14. The van der Waals surface area contributed by atoms with Gasteiger partial charge in [-0.15, -0.1) is 0 Å². The molecular weight excluding hydrogens is 378 g/mol. The summed E-state index contributed by atoms with van der Waals surface area (Å²) in [6.07, 6.45) is -0.904. The van der Waals surface area contributed by atoms with Crippen molar-refractivity contribution in [3.05, 3.63) is 96.1 Å². The van der Waals surface area contributed by atoms with Gasteiger partial charge < -0.3 is 0 Å². The average molecular weight is 395 g/mol. The van der Waals surface area contributed by atoms with Gasteiger partial charge in [-0.3, -0.25) is 14.4 Å². The Kier molecular flexibility index (Phi) is 4.31. The van der Waals surface area contributed by atoms with Gasteiger partial charge >= 0.3 is 0 Å². The van der Waals surface area contributed by atoms with Crippen LogP contribution in [0.2, 0.25) is 0 Å². The van der Waals surface area contributed by atoms with Gasteiger partial charge in [-0.2, -0.15) is 5.26 Å². The number of fused-ring (bicyclic) bond motifs is 1. The van der Waals surface area contributed by atoms with Crippen LogP contribution >= 0.6 is 0 Å². The van der Waals surface area contributed by atoms with Gasteiger partial charge in [0.2, 0.25) is 5.91 Å². The molecule has 2 saturated heterocycles. The van der Waals surface area contributed by atoms with Gasteiger partial charge in [0.15, 0.2) is 6.10 Å². The Morgan fingerprint density at radius 1 is 0.767 bits per heavy atom. The van der Waals surface area contributed by atoms with Gasteiger partial charge in [-0.25, -0.2) is 9.96 Å². The minimum absolute atomic E-state index is 0.304. The van der Waals surface area contributed by atoms with E-state index in [1.807, 2.05) is 66.7 Å². The van der Waals surface area contributed by atoms with Gasteiger partial charge in [0.25, 0.3) is 5.91 Å². The van der Waals surface area contributed by atoms with Gasteiger partial charge in [0.05, 0.1) is 29.0 Å². The number of carbonyl (C=O) groups excluding carboxylic acids is 2. The molecule has 2 amide bonds. The van der Waals surface area contributed by atoms with E-state index in [0.29, 0.717) is 11.3 Å². The molecule has 6 heteroatoms. The predicted molar refractivity (Wildman–Crippen MR) is 110 cm³/mol. The Morgan fingerprint density at radius 2 is 1.40 bits per heavy atom. The number of para-hydroxylation sites is 1. The number of nitriles is 1. The maximum atomic E-state index is 13.4. The van der Waals surface area contributed by atoms with Crippen LogP contribution in [0.15, 0.2) is 84.9 Å². The van der Waals surface area contributed by atoms with Crippen molar-refractivity contribution in [3.8, 4) is 6.07 Å². The molecule has 0 spiro atoms. The molecule has 0 aliphatic carbocycles. The van der Waals surface area contributed by atoms with Crippen molar-refractivity contribution in [2.45, 2.75) is 12.1 Å². The second-order valence-electron chi connectivity index (χ2n) is 7.24. The molecule has 6 nitrogen and oxygen atoms in total. The lowest BCUT2D eigenvalue weighted by Crippen LogP contribution is -2.37. The second kappa shape index (κ2) is 7.14. The first-order valence-corrected chi connectivity index (χ1v) is 9.63. The molecule has 30 heavy (non-hydrogen) atoms. The van der Waals surface area contributed by atoms with Crippen LogP contribution in [0, 0.1) is 17.2 Å². The summed E-state index contributed by atoms with van der Waals surface area (Å²) >= 11 is 0. The van der Waals surface area contributed by atoms with Gasteiger partial charge in [-0.1, -0.05) is 48.5 Å². The van der Waals surface area contributed by atoms with E-state index in [2.05, 4.69) is 0 Å². The minimum atomic E-state index is -0.904. The van der Waals surface area contributed by atoms with Crippen molar-refractivity contribution in [2.75, 3.05) is 9.96 Å². The number of amides is 2. The van der Waals surface area contributed by atoms with Crippen LogP contribution in [0.25, 0.3) is 0 Å². The largest absolute Gasteiger partial charge is 0.273 e. The first kappa shape index (κ1) is 18.1.